The van der Waals surface area contributed by atoms with Crippen LogP contribution in [0.5, 0.6) is 0 Å². The molecule has 2 aromatic heterocycles. The second-order valence-electron chi connectivity index (χ2n) is 12.6. The summed E-state index contributed by atoms with van der Waals surface area (Å²) >= 11 is 12.5. The van der Waals surface area contributed by atoms with E-state index in [1.54, 1.807) is 13.8 Å². The predicted octanol–water partition coefficient (Wildman–Crippen LogP) is 7.41. The molecule has 0 atom stereocenters. The number of carbonyl (C=O) groups is 3. The summed E-state index contributed by atoms with van der Waals surface area (Å²) in [6.07, 6.45) is -0.872. The van der Waals surface area contributed by atoms with Crippen LogP contribution >= 0.6 is 23.2 Å². The Balaban J connectivity index is 1.70. The van der Waals surface area contributed by atoms with Crippen LogP contribution in [0.1, 0.15) is 110 Å². The quantitative estimate of drug-likeness (QED) is 0.252. The molecule has 8 nitrogen and oxygen atoms in total. The molecule has 230 valence electrons. The van der Waals surface area contributed by atoms with E-state index < -0.39 is 59.1 Å². The molecule has 0 radical (unpaired) electrons. The number of hydrogen-bond acceptors (Lipinski definition) is 5. The minimum Gasteiger partial charge on any atom is -0.481 e. The molecule has 42 heavy (non-hydrogen) atoms. The lowest BCUT2D eigenvalue weighted by atomic mass is 9.74. The normalized spacial score (nSPS) is 23.0. The number of carbonyl (C=O) groups excluding carboxylic acids is 2. The first-order valence-electron chi connectivity index (χ1n) is 14.0. The molecule has 13 heteroatoms. The van der Waals surface area contributed by atoms with Gasteiger partial charge in [0.2, 0.25) is 0 Å². The number of rotatable bonds is 7. The van der Waals surface area contributed by atoms with Crippen LogP contribution in [0.4, 0.5) is 13.2 Å². The summed E-state index contributed by atoms with van der Waals surface area (Å²) in [5.74, 6) is -2.57. The highest BCUT2D eigenvalue weighted by Gasteiger charge is 2.46. The maximum Gasteiger partial charge on any atom is 0.433 e. The van der Waals surface area contributed by atoms with Gasteiger partial charge in [-0.05, 0) is 76.7 Å². The van der Waals surface area contributed by atoms with Gasteiger partial charge in [-0.15, -0.1) is 0 Å². The SMILES string of the molecule is Cc1cc(Cl)c(C(=O)CN(C(=O)c2cnn([C@H]3CC[C@](C)(C(=O)O)CC3)c2C(F)(F)F)C2CCC(C)(C)CC2)c(Cl)n1. The summed E-state index contributed by atoms with van der Waals surface area (Å²) in [7, 11) is 0. The first kappa shape index (κ1) is 32.3. The predicted molar refractivity (Wildman–Crippen MR) is 151 cm³/mol. The summed E-state index contributed by atoms with van der Waals surface area (Å²) in [4.78, 5) is 44.4. The second kappa shape index (κ2) is 11.8. The topological polar surface area (TPSA) is 105 Å². The van der Waals surface area contributed by atoms with Gasteiger partial charge in [0, 0.05) is 11.7 Å². The van der Waals surface area contributed by atoms with Crippen molar-refractivity contribution in [3.63, 3.8) is 0 Å². The number of hydrogen-bond donors (Lipinski definition) is 1. The number of halogens is 5. The molecular formula is C29H35Cl2F3N4O4. The van der Waals surface area contributed by atoms with Crippen LogP contribution in [-0.2, 0) is 11.0 Å². The molecule has 2 aliphatic carbocycles. The molecule has 0 spiro atoms. The molecule has 1 amide bonds. The lowest BCUT2D eigenvalue weighted by molar-refractivity contribution is -0.152. The maximum absolute atomic E-state index is 14.6. The molecule has 2 aromatic rings. The zero-order chi connectivity index (χ0) is 31.2. The Morgan fingerprint density at radius 3 is 2.19 bits per heavy atom. The zero-order valence-corrected chi connectivity index (χ0v) is 25.5. The van der Waals surface area contributed by atoms with Crippen molar-refractivity contribution in [1.29, 1.82) is 0 Å². The van der Waals surface area contributed by atoms with Gasteiger partial charge >= 0.3 is 12.1 Å². The van der Waals surface area contributed by atoms with E-state index in [4.69, 9.17) is 23.2 Å². The van der Waals surface area contributed by atoms with Crippen LogP contribution in [0.15, 0.2) is 12.3 Å². The molecule has 0 bridgehead atoms. The van der Waals surface area contributed by atoms with Crippen molar-refractivity contribution in [2.75, 3.05) is 6.54 Å². The molecule has 0 saturated heterocycles. The average Bonchev–Trinajstić information content (AvgIpc) is 3.33. The highest BCUT2D eigenvalue weighted by molar-refractivity contribution is 6.39. The van der Waals surface area contributed by atoms with Crippen LogP contribution in [0, 0.1) is 17.8 Å². The van der Waals surface area contributed by atoms with Gasteiger partial charge in [-0.3, -0.25) is 19.1 Å². The van der Waals surface area contributed by atoms with Gasteiger partial charge in [0.15, 0.2) is 11.5 Å². The van der Waals surface area contributed by atoms with Crippen LogP contribution in [0.3, 0.4) is 0 Å². The second-order valence-corrected chi connectivity index (χ2v) is 13.4. The third-order valence-corrected chi connectivity index (χ3v) is 9.45. The van der Waals surface area contributed by atoms with E-state index in [1.807, 2.05) is 0 Å². The fourth-order valence-electron chi connectivity index (χ4n) is 6.07. The van der Waals surface area contributed by atoms with Crippen molar-refractivity contribution in [3.8, 4) is 0 Å². The summed E-state index contributed by atoms with van der Waals surface area (Å²) in [5, 5.41) is 13.4. The number of carboxylic acids is 1. The van der Waals surface area contributed by atoms with Gasteiger partial charge in [-0.1, -0.05) is 37.0 Å². The Morgan fingerprint density at radius 2 is 1.67 bits per heavy atom. The van der Waals surface area contributed by atoms with Crippen molar-refractivity contribution < 1.29 is 32.7 Å². The molecule has 1 N–H and O–H groups in total. The number of alkyl halides is 3. The molecule has 0 unspecified atom stereocenters. The number of ketones is 1. The van der Waals surface area contributed by atoms with Gasteiger partial charge in [-0.25, -0.2) is 4.98 Å². The van der Waals surface area contributed by atoms with Crippen molar-refractivity contribution in [1.82, 2.24) is 19.7 Å². The fraction of sp³-hybridized carbons (Fsp3) is 0.621. The molecular weight excluding hydrogens is 596 g/mol. The zero-order valence-electron chi connectivity index (χ0n) is 24.0. The van der Waals surface area contributed by atoms with Crippen molar-refractivity contribution in [2.24, 2.45) is 10.8 Å². The first-order valence-corrected chi connectivity index (χ1v) is 14.7. The van der Waals surface area contributed by atoms with E-state index >= 15 is 0 Å². The van der Waals surface area contributed by atoms with Gasteiger partial charge in [0.05, 0.1) is 40.3 Å². The van der Waals surface area contributed by atoms with Gasteiger partial charge in [0.25, 0.3) is 5.91 Å². The lowest BCUT2D eigenvalue weighted by Gasteiger charge is -2.40. The lowest BCUT2D eigenvalue weighted by Crippen LogP contribution is -2.46. The standard InChI is InChI=1S/C29H35Cl2F3N4O4/c1-16-13-20(30)22(24(31)36-16)21(39)15-37(17-5-9-27(2,3)10-6-17)25(40)19-14-35-38(23(19)29(32,33)34)18-7-11-28(4,12-8-18)26(41)42/h13-14,17-18H,5-12,15H2,1-4H3,(H,41,42)/t18-,28-. The highest BCUT2D eigenvalue weighted by atomic mass is 35.5. The van der Waals surface area contributed by atoms with E-state index in [-0.39, 0.29) is 46.8 Å². The van der Waals surface area contributed by atoms with Crippen LogP contribution in [0.25, 0.3) is 0 Å². The number of nitrogens with zero attached hydrogens (tertiary/aromatic N) is 4. The Kier molecular flexibility index (Phi) is 9.05. The number of amides is 1. The molecule has 0 aromatic carbocycles. The van der Waals surface area contributed by atoms with E-state index in [0.717, 1.165) is 23.7 Å². The molecule has 4 rings (SSSR count). The van der Waals surface area contributed by atoms with Crippen molar-refractivity contribution >= 4 is 40.9 Å². The van der Waals surface area contributed by atoms with E-state index in [9.17, 15) is 32.7 Å². The highest BCUT2D eigenvalue weighted by Crippen LogP contribution is 2.44. The minimum absolute atomic E-state index is 0.00380. The Labute approximate surface area is 252 Å². The van der Waals surface area contributed by atoms with Gasteiger partial charge < -0.3 is 10.0 Å². The van der Waals surface area contributed by atoms with Crippen molar-refractivity contribution in [3.05, 3.63) is 45.0 Å². The third kappa shape index (κ3) is 6.61. The molecule has 0 aliphatic heterocycles. The van der Waals surface area contributed by atoms with E-state index in [1.165, 1.54) is 11.0 Å². The smallest absolute Gasteiger partial charge is 0.433 e. The third-order valence-electron chi connectivity index (χ3n) is 8.87. The fourth-order valence-corrected chi connectivity index (χ4v) is 6.81. The maximum atomic E-state index is 14.6. The Morgan fingerprint density at radius 1 is 1.07 bits per heavy atom. The average molecular weight is 632 g/mol. The number of aryl methyl sites for hydroxylation is 1. The molecule has 2 saturated carbocycles. The molecule has 2 aliphatic rings. The van der Waals surface area contributed by atoms with Crippen LogP contribution in [0.2, 0.25) is 10.2 Å². The van der Waals surface area contributed by atoms with Gasteiger partial charge in [0.1, 0.15) is 5.15 Å². The summed E-state index contributed by atoms with van der Waals surface area (Å²) in [6.45, 7) is 6.87. The number of pyridine rings is 1. The summed E-state index contributed by atoms with van der Waals surface area (Å²) < 4.78 is 44.6. The van der Waals surface area contributed by atoms with Gasteiger partial charge in [-0.2, -0.15) is 18.3 Å². The molecule has 2 heterocycles. The van der Waals surface area contributed by atoms with E-state index in [2.05, 4.69) is 23.9 Å². The number of carboxylic acid groups (broad SMARTS) is 1. The number of Topliss-reactive ketones (excluding diaryl/α,β-unsaturated/α-hetero) is 1. The minimum atomic E-state index is -4.92. The first-order chi connectivity index (χ1) is 19.4. The van der Waals surface area contributed by atoms with Crippen LogP contribution in [-0.4, -0.2) is 55.0 Å². The van der Waals surface area contributed by atoms with E-state index in [0.29, 0.717) is 18.5 Å². The Hall–Kier alpha value is -2.66. The van der Waals surface area contributed by atoms with Crippen molar-refractivity contribution in [2.45, 2.75) is 97.3 Å². The van der Waals surface area contributed by atoms with Crippen LogP contribution < -0.4 is 0 Å². The monoisotopic (exact) mass is 630 g/mol. The number of aromatic nitrogens is 3. The Bertz CT molecular complexity index is 1350. The molecule has 2 fully saturated rings. The summed E-state index contributed by atoms with van der Waals surface area (Å²) in [5.41, 5.74) is -2.48. The summed E-state index contributed by atoms with van der Waals surface area (Å²) in [6, 6.07) is 0.250. The largest absolute Gasteiger partial charge is 0.481 e. The number of aliphatic carboxylic acids is 1.